The fraction of sp³-hybridized carbons (Fsp3) is 0. The van der Waals surface area contributed by atoms with Gasteiger partial charge in [-0.2, -0.15) is 9.97 Å². The van der Waals surface area contributed by atoms with Crippen LogP contribution in [0.2, 0.25) is 15.4 Å². The number of nitrogens with zero attached hydrogens (tertiary/aromatic N) is 4. The van der Waals surface area contributed by atoms with Crippen LogP contribution in [0.1, 0.15) is 0 Å². The van der Waals surface area contributed by atoms with Crippen LogP contribution in [-0.4, -0.2) is 20.3 Å². The van der Waals surface area contributed by atoms with Gasteiger partial charge in [-0.15, -0.1) is 12.4 Å². The molecular formula is C20H14Cl4N6O4. The van der Waals surface area contributed by atoms with E-state index in [1.54, 1.807) is 36.4 Å². The van der Waals surface area contributed by atoms with Gasteiger partial charge in [0.2, 0.25) is 0 Å². The van der Waals surface area contributed by atoms with Gasteiger partial charge >= 0.3 is 0 Å². The van der Waals surface area contributed by atoms with E-state index < -0.39 is 0 Å². The molecule has 0 aliphatic carbocycles. The summed E-state index contributed by atoms with van der Waals surface area (Å²) in [7, 11) is 0. The number of nitrogens with two attached hydrogens (primary N) is 1. The van der Waals surface area contributed by atoms with Crippen molar-refractivity contribution in [3.63, 3.8) is 0 Å². The second kappa shape index (κ2) is 11.6. The molecular weight excluding hydrogens is 530 g/mol. The zero-order chi connectivity index (χ0) is 23.2. The second-order valence-corrected chi connectivity index (χ2v) is 7.40. The van der Waals surface area contributed by atoms with Crippen LogP contribution in [0.15, 0.2) is 79.2 Å². The first-order valence-electron chi connectivity index (χ1n) is 9.05. The second-order valence-electron chi connectivity index (χ2n) is 6.21. The summed E-state index contributed by atoms with van der Waals surface area (Å²) in [5.74, 6) is 0. The summed E-state index contributed by atoms with van der Waals surface area (Å²) in [5.41, 5.74) is 9.07. The van der Waals surface area contributed by atoms with Gasteiger partial charge in [0.1, 0.15) is 29.2 Å². The normalized spacial score (nSPS) is 10.1. The Labute approximate surface area is 212 Å². The standard InChI is InChI=1S/C10H6ClN3O2.C7H3Cl2NO.C3H4N2O.ClH/c11-6-1-2-8-9(3-6)16-10(14-8)13-7-4-12-15-5-7;8-4-1-2-5-6(3-4)11-7(9)10-5;4-3-1-5-6-2-3;/h1-5H,(H,13,14);1-3H;1-2H,4H2;1H. The Balaban J connectivity index is 0.000000156. The predicted molar refractivity (Wildman–Crippen MR) is 131 cm³/mol. The number of nitrogens with one attached hydrogen (secondary N) is 1. The van der Waals surface area contributed by atoms with Gasteiger partial charge in [0.25, 0.3) is 11.4 Å². The van der Waals surface area contributed by atoms with Gasteiger partial charge in [-0.3, -0.25) is 0 Å². The summed E-state index contributed by atoms with van der Waals surface area (Å²) in [4.78, 5) is 8.12. The Hall–Kier alpha value is -3.44. The van der Waals surface area contributed by atoms with Gasteiger partial charge in [0.15, 0.2) is 11.2 Å². The lowest BCUT2D eigenvalue weighted by molar-refractivity contribution is 0.420. The highest BCUT2D eigenvalue weighted by Gasteiger charge is 2.07. The number of rotatable bonds is 2. The number of anilines is 3. The Kier molecular flexibility index (Phi) is 8.61. The zero-order valence-corrected chi connectivity index (χ0v) is 19.9. The molecule has 176 valence electrons. The molecule has 0 spiro atoms. The molecule has 4 aromatic heterocycles. The Morgan fingerprint density at radius 2 is 1.38 bits per heavy atom. The van der Waals surface area contributed by atoms with Crippen molar-refractivity contribution in [2.24, 2.45) is 0 Å². The lowest BCUT2D eigenvalue weighted by atomic mass is 10.3. The SMILES string of the molecule is Cl.Clc1ccc2nc(Cl)oc2c1.Clc1ccc2nc(Nc3cnoc3)oc2c1.Nc1cnoc1. The molecule has 0 amide bonds. The van der Waals surface area contributed by atoms with Gasteiger partial charge in [0, 0.05) is 22.2 Å². The lowest BCUT2D eigenvalue weighted by Crippen LogP contribution is -1.86. The molecule has 6 aromatic rings. The maximum atomic E-state index is 5.84. The fourth-order valence-electron chi connectivity index (χ4n) is 2.43. The van der Waals surface area contributed by atoms with Crippen molar-refractivity contribution in [3.8, 4) is 0 Å². The van der Waals surface area contributed by atoms with Crippen LogP contribution < -0.4 is 11.1 Å². The number of halogens is 4. The van der Waals surface area contributed by atoms with E-state index in [1.165, 1.54) is 24.9 Å². The van der Waals surface area contributed by atoms with Crippen molar-refractivity contribution >= 4 is 86.8 Å². The molecule has 2 aromatic carbocycles. The molecule has 10 nitrogen and oxygen atoms in total. The molecule has 3 N–H and O–H groups in total. The minimum absolute atomic E-state index is 0. The predicted octanol–water partition coefficient (Wildman–Crippen LogP) is 7.03. The lowest BCUT2D eigenvalue weighted by Gasteiger charge is -1.92. The summed E-state index contributed by atoms with van der Waals surface area (Å²) < 4.78 is 19.5. The number of aromatic nitrogens is 4. The van der Waals surface area contributed by atoms with Crippen LogP contribution >= 0.6 is 47.2 Å². The topological polar surface area (TPSA) is 142 Å². The van der Waals surface area contributed by atoms with Gasteiger partial charge in [-0.05, 0) is 35.9 Å². The van der Waals surface area contributed by atoms with Gasteiger partial charge in [-0.25, -0.2) is 0 Å². The van der Waals surface area contributed by atoms with Crippen LogP contribution in [0, 0.1) is 0 Å². The van der Waals surface area contributed by atoms with E-state index in [-0.39, 0.29) is 17.8 Å². The van der Waals surface area contributed by atoms with Gasteiger partial charge in [-0.1, -0.05) is 33.5 Å². The highest BCUT2D eigenvalue weighted by molar-refractivity contribution is 6.31. The molecule has 0 aliphatic rings. The van der Waals surface area contributed by atoms with E-state index in [0.717, 1.165) is 11.0 Å². The first kappa shape index (κ1) is 25.2. The van der Waals surface area contributed by atoms with Crippen LogP contribution in [0.3, 0.4) is 0 Å². The number of hydrogen-bond donors (Lipinski definition) is 2. The maximum absolute atomic E-state index is 5.84. The van der Waals surface area contributed by atoms with Crippen molar-refractivity contribution in [2.45, 2.75) is 0 Å². The Morgan fingerprint density at radius 1 is 0.765 bits per heavy atom. The molecule has 6 rings (SSSR count). The molecule has 14 heteroatoms. The van der Waals surface area contributed by atoms with E-state index in [0.29, 0.717) is 38.6 Å². The van der Waals surface area contributed by atoms with E-state index in [2.05, 4.69) is 34.6 Å². The van der Waals surface area contributed by atoms with Crippen molar-refractivity contribution in [1.82, 2.24) is 20.3 Å². The highest BCUT2D eigenvalue weighted by atomic mass is 35.5. The average Bonchev–Trinajstić information content (AvgIpc) is 3.56. The van der Waals surface area contributed by atoms with E-state index in [1.807, 2.05) is 0 Å². The van der Waals surface area contributed by atoms with Gasteiger partial charge < -0.3 is 28.9 Å². The Morgan fingerprint density at radius 3 is 1.94 bits per heavy atom. The number of nitrogen functional groups attached to an aromatic ring is 1. The van der Waals surface area contributed by atoms with Crippen molar-refractivity contribution in [2.75, 3.05) is 11.1 Å². The van der Waals surface area contributed by atoms with E-state index >= 15 is 0 Å². The van der Waals surface area contributed by atoms with Crippen molar-refractivity contribution in [1.29, 1.82) is 0 Å². The number of benzene rings is 2. The molecule has 0 unspecified atom stereocenters. The third kappa shape index (κ3) is 6.78. The molecule has 0 bridgehead atoms. The fourth-order valence-corrected chi connectivity index (χ4v) is 2.92. The monoisotopic (exact) mass is 542 g/mol. The van der Waals surface area contributed by atoms with E-state index in [9.17, 15) is 0 Å². The third-order valence-electron chi connectivity index (χ3n) is 3.81. The number of fused-ring (bicyclic) bond motifs is 2. The first-order valence-corrected chi connectivity index (χ1v) is 10.2. The summed E-state index contributed by atoms with van der Waals surface area (Å²) in [6.07, 6.45) is 5.81. The molecule has 0 atom stereocenters. The van der Waals surface area contributed by atoms with Crippen molar-refractivity contribution in [3.05, 3.63) is 76.7 Å². The minimum atomic E-state index is 0. The van der Waals surface area contributed by atoms with Crippen LogP contribution in [0.5, 0.6) is 0 Å². The molecule has 4 heterocycles. The first-order chi connectivity index (χ1) is 16.0. The zero-order valence-electron chi connectivity index (χ0n) is 16.8. The molecule has 0 saturated carbocycles. The summed E-state index contributed by atoms with van der Waals surface area (Å²) in [5, 5.41) is 11.2. The molecule has 34 heavy (non-hydrogen) atoms. The summed E-state index contributed by atoms with van der Waals surface area (Å²) in [6.45, 7) is 0. The van der Waals surface area contributed by atoms with Crippen molar-refractivity contribution < 1.29 is 17.9 Å². The molecule has 0 fully saturated rings. The molecule has 0 aliphatic heterocycles. The molecule has 0 radical (unpaired) electrons. The quantitative estimate of drug-likeness (QED) is 0.233. The summed E-state index contributed by atoms with van der Waals surface area (Å²) in [6, 6.07) is 10.8. The van der Waals surface area contributed by atoms with Crippen LogP contribution in [0.4, 0.5) is 17.4 Å². The number of hydrogen-bond acceptors (Lipinski definition) is 10. The third-order valence-corrected chi connectivity index (χ3v) is 4.44. The van der Waals surface area contributed by atoms with E-state index in [4.69, 9.17) is 49.4 Å². The maximum Gasteiger partial charge on any atom is 0.300 e. The number of oxazole rings is 2. The minimum Gasteiger partial charge on any atom is -0.428 e. The van der Waals surface area contributed by atoms with Gasteiger partial charge in [0.05, 0.1) is 18.1 Å². The summed E-state index contributed by atoms with van der Waals surface area (Å²) >= 11 is 17.0. The van der Waals surface area contributed by atoms with Crippen LogP contribution in [0.25, 0.3) is 22.2 Å². The molecule has 0 saturated heterocycles. The Bertz CT molecular complexity index is 1450. The smallest absolute Gasteiger partial charge is 0.300 e. The average molecular weight is 544 g/mol. The highest BCUT2D eigenvalue weighted by Crippen LogP contribution is 2.24. The van der Waals surface area contributed by atoms with Crippen LogP contribution in [-0.2, 0) is 0 Å². The largest absolute Gasteiger partial charge is 0.428 e.